The molecule has 0 saturated heterocycles. The lowest BCUT2D eigenvalue weighted by molar-refractivity contribution is 0.669. The molecule has 0 atom stereocenters. The van der Waals surface area contributed by atoms with Crippen LogP contribution in [0.4, 0.5) is 0 Å². The quantitative estimate of drug-likeness (QED) is 0.149. The first-order chi connectivity index (χ1) is 18.7. The van der Waals surface area contributed by atoms with Gasteiger partial charge in [-0.2, -0.15) is 0 Å². The highest BCUT2D eigenvalue weighted by atomic mass is 16.3. The van der Waals surface area contributed by atoms with E-state index in [0.29, 0.717) is 5.56 Å². The van der Waals surface area contributed by atoms with Crippen LogP contribution < -0.4 is 5.73 Å². The first-order valence-electron chi connectivity index (χ1n) is 12.5. The van der Waals surface area contributed by atoms with E-state index in [0.717, 1.165) is 38.6 Å². The molecule has 7 rings (SSSR count). The largest absolute Gasteiger partial charge is 0.456 e. The molecule has 0 aliphatic carbocycles. The molecule has 0 fully saturated rings. The lowest BCUT2D eigenvalue weighted by atomic mass is 9.96. The van der Waals surface area contributed by atoms with Crippen LogP contribution >= 0.6 is 0 Å². The highest BCUT2D eigenvalue weighted by Gasteiger charge is 2.15. The molecule has 180 valence electrons. The van der Waals surface area contributed by atoms with Crippen molar-refractivity contribution in [2.75, 3.05) is 0 Å². The molecule has 0 spiro atoms. The minimum atomic E-state index is 0.124. The molecule has 3 N–H and O–H groups in total. The normalized spacial score (nSPS) is 12.1. The fourth-order valence-electron chi connectivity index (χ4n) is 5.25. The van der Waals surface area contributed by atoms with Crippen molar-refractivity contribution in [3.63, 3.8) is 0 Å². The molecule has 0 saturated carbocycles. The van der Waals surface area contributed by atoms with Crippen molar-refractivity contribution in [3.05, 3.63) is 132 Å². The van der Waals surface area contributed by atoms with Crippen LogP contribution in [0.15, 0.2) is 131 Å². The summed E-state index contributed by atoms with van der Waals surface area (Å²) >= 11 is 0. The Kier molecular flexibility index (Phi) is 5.05. The Hall–Kier alpha value is -5.22. The second-order valence-corrected chi connectivity index (χ2v) is 9.43. The number of fused-ring (bicyclic) bond motifs is 6. The summed E-state index contributed by atoms with van der Waals surface area (Å²) in [5.41, 5.74) is 11.6. The van der Waals surface area contributed by atoms with E-state index in [1.807, 2.05) is 48.5 Å². The summed E-state index contributed by atoms with van der Waals surface area (Å²) in [6, 6.07) is 40.9. The minimum Gasteiger partial charge on any atom is -0.456 e. The number of hydrogen-bond donors (Lipinski definition) is 2. The summed E-state index contributed by atoms with van der Waals surface area (Å²) in [5.74, 6) is 0.414. The van der Waals surface area contributed by atoms with Crippen LogP contribution in [0.2, 0.25) is 0 Å². The summed E-state index contributed by atoms with van der Waals surface area (Å²) in [6.07, 6.45) is 0. The standard InChI is InChI=1S/C34H23N3O/c35-33(22-8-2-1-3-9-22)37-34(36)29-11-6-12-30-32(29)28-18-16-24(20-31(28)38-30)23-15-17-27-25(19-23)14-13-21-7-4-5-10-26(21)27/h1-20H,(H3,35,36,37). The van der Waals surface area contributed by atoms with E-state index in [4.69, 9.17) is 15.6 Å². The number of aliphatic imine (C=N–C) groups is 1. The lowest BCUT2D eigenvalue weighted by Gasteiger charge is -2.07. The zero-order valence-corrected chi connectivity index (χ0v) is 20.5. The Morgan fingerprint density at radius 2 is 1.32 bits per heavy atom. The Bertz CT molecular complexity index is 2050. The molecule has 7 aromatic rings. The van der Waals surface area contributed by atoms with Gasteiger partial charge in [0.2, 0.25) is 0 Å². The highest BCUT2D eigenvalue weighted by Crippen LogP contribution is 2.35. The first-order valence-corrected chi connectivity index (χ1v) is 12.5. The summed E-state index contributed by atoms with van der Waals surface area (Å²) in [7, 11) is 0. The van der Waals surface area contributed by atoms with Gasteiger partial charge in [0.05, 0.1) is 0 Å². The predicted molar refractivity (Wildman–Crippen MR) is 158 cm³/mol. The van der Waals surface area contributed by atoms with Crippen molar-refractivity contribution in [3.8, 4) is 11.1 Å². The maximum Gasteiger partial charge on any atom is 0.154 e. The van der Waals surface area contributed by atoms with Crippen LogP contribution in [0.5, 0.6) is 0 Å². The van der Waals surface area contributed by atoms with Crippen molar-refractivity contribution >= 4 is 55.2 Å². The fourth-order valence-corrected chi connectivity index (χ4v) is 5.25. The van der Waals surface area contributed by atoms with E-state index in [2.05, 4.69) is 77.8 Å². The van der Waals surface area contributed by atoms with Crippen molar-refractivity contribution in [1.82, 2.24) is 0 Å². The lowest BCUT2D eigenvalue weighted by Crippen LogP contribution is -2.16. The number of rotatable bonds is 3. The summed E-state index contributed by atoms with van der Waals surface area (Å²) < 4.78 is 6.28. The maximum atomic E-state index is 8.38. The molecule has 4 nitrogen and oxygen atoms in total. The third-order valence-corrected chi connectivity index (χ3v) is 7.13. The van der Waals surface area contributed by atoms with E-state index >= 15 is 0 Å². The van der Waals surface area contributed by atoms with Gasteiger partial charge in [0, 0.05) is 21.9 Å². The molecule has 0 aliphatic rings. The zero-order valence-electron chi connectivity index (χ0n) is 20.5. The fraction of sp³-hybridized carbons (Fsp3) is 0. The number of nitrogens with zero attached hydrogens (tertiary/aromatic N) is 1. The van der Waals surface area contributed by atoms with Crippen molar-refractivity contribution in [1.29, 1.82) is 5.41 Å². The minimum absolute atomic E-state index is 0.124. The highest BCUT2D eigenvalue weighted by molar-refractivity contribution is 6.20. The van der Waals surface area contributed by atoms with Gasteiger partial charge in [0.25, 0.3) is 0 Å². The zero-order chi connectivity index (χ0) is 25.6. The van der Waals surface area contributed by atoms with E-state index in [-0.39, 0.29) is 11.7 Å². The second kappa shape index (κ2) is 8.71. The molecule has 0 amide bonds. The average Bonchev–Trinajstić information content (AvgIpc) is 3.35. The second-order valence-electron chi connectivity index (χ2n) is 9.43. The van der Waals surface area contributed by atoms with Crippen LogP contribution in [0.25, 0.3) is 54.6 Å². The van der Waals surface area contributed by atoms with Crippen molar-refractivity contribution < 1.29 is 4.42 Å². The van der Waals surface area contributed by atoms with Gasteiger partial charge in [-0.25, -0.2) is 4.99 Å². The third-order valence-electron chi connectivity index (χ3n) is 7.13. The number of nitrogens with two attached hydrogens (primary N) is 1. The summed E-state index contributed by atoms with van der Waals surface area (Å²) in [4.78, 5) is 4.41. The van der Waals surface area contributed by atoms with Gasteiger partial charge in [0.15, 0.2) is 5.84 Å². The molecule has 4 heteroatoms. The van der Waals surface area contributed by atoms with Crippen LogP contribution in [-0.2, 0) is 0 Å². The molecular weight excluding hydrogens is 466 g/mol. The van der Waals surface area contributed by atoms with Crippen LogP contribution in [0, 0.1) is 5.41 Å². The Morgan fingerprint density at radius 3 is 2.18 bits per heavy atom. The molecule has 38 heavy (non-hydrogen) atoms. The van der Waals surface area contributed by atoms with E-state index < -0.39 is 0 Å². The van der Waals surface area contributed by atoms with Crippen molar-refractivity contribution in [2.24, 2.45) is 10.7 Å². The van der Waals surface area contributed by atoms with Gasteiger partial charge in [-0.05, 0) is 56.9 Å². The maximum absolute atomic E-state index is 8.38. The average molecular weight is 490 g/mol. The smallest absolute Gasteiger partial charge is 0.154 e. The van der Waals surface area contributed by atoms with Gasteiger partial charge in [0.1, 0.15) is 17.0 Å². The number of furan rings is 1. The number of hydrogen-bond acceptors (Lipinski definition) is 2. The van der Waals surface area contributed by atoms with Gasteiger partial charge in [-0.1, -0.05) is 97.1 Å². The van der Waals surface area contributed by atoms with Gasteiger partial charge >= 0.3 is 0 Å². The molecule has 0 radical (unpaired) electrons. The van der Waals surface area contributed by atoms with Crippen LogP contribution in [0.3, 0.4) is 0 Å². The van der Waals surface area contributed by atoms with E-state index in [1.54, 1.807) is 0 Å². The molecule has 1 heterocycles. The molecular formula is C34H23N3O. The summed E-state index contributed by atoms with van der Waals surface area (Å²) in [6.45, 7) is 0. The van der Waals surface area contributed by atoms with Gasteiger partial charge < -0.3 is 10.2 Å². The van der Waals surface area contributed by atoms with Gasteiger partial charge in [-0.15, -0.1) is 0 Å². The Morgan fingerprint density at radius 1 is 0.605 bits per heavy atom. The SMILES string of the molecule is N=C(N=C(N)c1cccc2oc3cc(-c4ccc5c(ccc6ccccc65)c4)ccc3c12)c1ccccc1. The molecule has 0 bridgehead atoms. The monoisotopic (exact) mass is 489 g/mol. The number of benzene rings is 6. The van der Waals surface area contributed by atoms with Crippen LogP contribution in [0.1, 0.15) is 11.1 Å². The summed E-state index contributed by atoms with van der Waals surface area (Å²) in [5, 5.41) is 15.2. The van der Waals surface area contributed by atoms with Crippen LogP contribution in [-0.4, -0.2) is 11.7 Å². The topological polar surface area (TPSA) is 75.4 Å². The molecule has 6 aromatic carbocycles. The van der Waals surface area contributed by atoms with E-state index in [1.165, 1.54) is 21.5 Å². The predicted octanol–water partition coefficient (Wildman–Crippen LogP) is 8.29. The molecule has 1 aromatic heterocycles. The number of nitrogens with one attached hydrogen (secondary N) is 1. The van der Waals surface area contributed by atoms with Crippen molar-refractivity contribution in [2.45, 2.75) is 0 Å². The Labute approximate surface area is 219 Å². The molecule has 0 unspecified atom stereocenters. The first kappa shape index (κ1) is 22.0. The third kappa shape index (κ3) is 3.62. The van der Waals surface area contributed by atoms with E-state index in [9.17, 15) is 0 Å². The van der Waals surface area contributed by atoms with Gasteiger partial charge in [-0.3, -0.25) is 5.41 Å². The number of amidine groups is 2. The Balaban J connectivity index is 1.32. The molecule has 0 aliphatic heterocycles.